The first-order valence-corrected chi connectivity index (χ1v) is 9.32. The van der Waals surface area contributed by atoms with Crippen molar-refractivity contribution in [3.8, 4) is 0 Å². The molecule has 1 N–H and O–H groups in total. The third kappa shape index (κ3) is 4.20. The topological polar surface area (TPSA) is 24.5 Å². The standard InChI is InChI=1S/C18H36N2O/c1-4-18(5-2)15-19-17(16-10-8-7-9-11-16)14-20(18)12-13-21-6-3/h16-17,19H,4-15H2,1-3H3. The highest BCUT2D eigenvalue weighted by Crippen LogP contribution is 2.32. The maximum atomic E-state index is 5.64. The highest BCUT2D eigenvalue weighted by molar-refractivity contribution is 4.99. The molecule has 3 nitrogen and oxygen atoms in total. The van der Waals surface area contributed by atoms with Gasteiger partial charge >= 0.3 is 0 Å². The maximum Gasteiger partial charge on any atom is 0.0593 e. The van der Waals surface area contributed by atoms with Crippen LogP contribution in [0.15, 0.2) is 0 Å². The van der Waals surface area contributed by atoms with Gasteiger partial charge in [0.25, 0.3) is 0 Å². The monoisotopic (exact) mass is 296 g/mol. The molecule has 1 aliphatic heterocycles. The Morgan fingerprint density at radius 3 is 2.43 bits per heavy atom. The van der Waals surface area contributed by atoms with Crippen LogP contribution in [0.1, 0.15) is 65.7 Å². The van der Waals surface area contributed by atoms with Gasteiger partial charge < -0.3 is 10.1 Å². The Morgan fingerprint density at radius 2 is 1.81 bits per heavy atom. The van der Waals surface area contributed by atoms with Gasteiger partial charge in [-0.15, -0.1) is 0 Å². The lowest BCUT2D eigenvalue weighted by atomic mass is 9.79. The first-order chi connectivity index (χ1) is 10.3. The molecule has 21 heavy (non-hydrogen) atoms. The van der Waals surface area contributed by atoms with Crippen molar-refractivity contribution in [2.45, 2.75) is 77.3 Å². The zero-order chi connectivity index (χ0) is 15.1. The van der Waals surface area contributed by atoms with Crippen molar-refractivity contribution in [2.75, 3.05) is 32.8 Å². The van der Waals surface area contributed by atoms with Gasteiger partial charge in [-0.2, -0.15) is 0 Å². The van der Waals surface area contributed by atoms with E-state index in [0.717, 1.165) is 32.2 Å². The van der Waals surface area contributed by atoms with E-state index >= 15 is 0 Å². The smallest absolute Gasteiger partial charge is 0.0593 e. The van der Waals surface area contributed by atoms with Crippen molar-refractivity contribution in [2.24, 2.45) is 5.92 Å². The van der Waals surface area contributed by atoms with E-state index in [1.165, 1.54) is 51.5 Å². The van der Waals surface area contributed by atoms with Crippen LogP contribution in [0.3, 0.4) is 0 Å². The molecule has 0 radical (unpaired) electrons. The fourth-order valence-electron chi connectivity index (χ4n) is 4.38. The number of rotatable bonds is 7. The van der Waals surface area contributed by atoms with Crippen LogP contribution >= 0.6 is 0 Å². The molecular formula is C18H36N2O. The number of piperazine rings is 1. The summed E-state index contributed by atoms with van der Waals surface area (Å²) in [7, 11) is 0. The molecule has 0 amide bonds. The van der Waals surface area contributed by atoms with Gasteiger partial charge in [0.15, 0.2) is 0 Å². The first-order valence-electron chi connectivity index (χ1n) is 9.32. The van der Waals surface area contributed by atoms with Gasteiger partial charge in [0.2, 0.25) is 0 Å². The number of hydrogen-bond donors (Lipinski definition) is 1. The average Bonchev–Trinajstić information content (AvgIpc) is 2.56. The predicted octanol–water partition coefficient (Wildman–Crippen LogP) is 3.44. The fourth-order valence-corrected chi connectivity index (χ4v) is 4.38. The minimum Gasteiger partial charge on any atom is -0.380 e. The first kappa shape index (κ1) is 17.2. The molecule has 0 bridgehead atoms. The minimum absolute atomic E-state index is 0.349. The lowest BCUT2D eigenvalue weighted by molar-refractivity contribution is -0.00595. The maximum absolute atomic E-state index is 5.64. The summed E-state index contributed by atoms with van der Waals surface area (Å²) in [5, 5.41) is 3.92. The van der Waals surface area contributed by atoms with E-state index < -0.39 is 0 Å². The lowest BCUT2D eigenvalue weighted by Crippen LogP contribution is -2.66. The molecule has 0 aromatic carbocycles. The van der Waals surface area contributed by atoms with E-state index in [4.69, 9.17) is 4.74 Å². The molecule has 1 saturated carbocycles. The molecule has 3 heteroatoms. The summed E-state index contributed by atoms with van der Waals surface area (Å²) in [4.78, 5) is 2.75. The minimum atomic E-state index is 0.349. The van der Waals surface area contributed by atoms with Crippen LogP contribution in [0.5, 0.6) is 0 Å². The molecule has 2 fully saturated rings. The van der Waals surface area contributed by atoms with Gasteiger partial charge in [0, 0.05) is 37.8 Å². The molecule has 1 heterocycles. The predicted molar refractivity (Wildman–Crippen MR) is 89.7 cm³/mol. The molecule has 0 spiro atoms. The lowest BCUT2D eigenvalue weighted by Gasteiger charge is -2.51. The quantitative estimate of drug-likeness (QED) is 0.728. The summed E-state index contributed by atoms with van der Waals surface area (Å²) in [6.45, 7) is 12.0. The van der Waals surface area contributed by atoms with Gasteiger partial charge in [-0.1, -0.05) is 33.1 Å². The second kappa shape index (κ2) is 8.50. The van der Waals surface area contributed by atoms with E-state index in [-0.39, 0.29) is 0 Å². The molecule has 0 aromatic heterocycles. The Kier molecular flexibility index (Phi) is 6.97. The molecule has 1 saturated heterocycles. The molecule has 1 atom stereocenters. The summed E-state index contributed by atoms with van der Waals surface area (Å²) in [5.41, 5.74) is 0.349. The van der Waals surface area contributed by atoms with Crippen molar-refractivity contribution >= 4 is 0 Å². The van der Waals surface area contributed by atoms with Gasteiger partial charge in [0.1, 0.15) is 0 Å². The van der Waals surface area contributed by atoms with Crippen molar-refractivity contribution in [3.63, 3.8) is 0 Å². The Balaban J connectivity index is 1.97. The van der Waals surface area contributed by atoms with Crippen molar-refractivity contribution in [3.05, 3.63) is 0 Å². The second-order valence-corrected chi connectivity index (χ2v) is 6.96. The molecular weight excluding hydrogens is 260 g/mol. The van der Waals surface area contributed by atoms with E-state index in [1.807, 2.05) is 0 Å². The number of hydrogen-bond acceptors (Lipinski definition) is 3. The molecule has 1 unspecified atom stereocenters. The van der Waals surface area contributed by atoms with E-state index in [1.54, 1.807) is 0 Å². The normalized spacial score (nSPS) is 27.9. The molecule has 0 aromatic rings. The second-order valence-electron chi connectivity index (χ2n) is 6.96. The SMILES string of the molecule is CCOCCN1CC(C2CCCCC2)NCC1(CC)CC. The van der Waals surface area contributed by atoms with Crippen LogP contribution in [-0.2, 0) is 4.74 Å². The van der Waals surface area contributed by atoms with Crippen LogP contribution < -0.4 is 5.32 Å². The van der Waals surface area contributed by atoms with Crippen LogP contribution in [0.25, 0.3) is 0 Å². The third-order valence-corrected chi connectivity index (χ3v) is 6.03. The Hall–Kier alpha value is -0.120. The van der Waals surface area contributed by atoms with Crippen LogP contribution in [-0.4, -0.2) is 49.3 Å². The highest BCUT2D eigenvalue weighted by atomic mass is 16.5. The summed E-state index contributed by atoms with van der Waals surface area (Å²) in [6, 6.07) is 0.707. The molecule has 2 rings (SSSR count). The summed E-state index contributed by atoms with van der Waals surface area (Å²) < 4.78 is 5.64. The largest absolute Gasteiger partial charge is 0.380 e. The Bertz CT molecular complexity index is 285. The van der Waals surface area contributed by atoms with E-state index in [9.17, 15) is 0 Å². The van der Waals surface area contributed by atoms with Crippen molar-refractivity contribution in [1.82, 2.24) is 10.2 Å². The van der Waals surface area contributed by atoms with Gasteiger partial charge in [-0.25, -0.2) is 0 Å². The van der Waals surface area contributed by atoms with Gasteiger partial charge in [-0.3, -0.25) is 4.90 Å². The highest BCUT2D eigenvalue weighted by Gasteiger charge is 2.40. The van der Waals surface area contributed by atoms with Gasteiger partial charge in [-0.05, 0) is 38.5 Å². The summed E-state index contributed by atoms with van der Waals surface area (Å²) in [6.07, 6.45) is 9.67. The van der Waals surface area contributed by atoms with Crippen molar-refractivity contribution in [1.29, 1.82) is 0 Å². The third-order valence-electron chi connectivity index (χ3n) is 6.03. The van der Waals surface area contributed by atoms with Crippen molar-refractivity contribution < 1.29 is 4.74 Å². The fraction of sp³-hybridized carbons (Fsp3) is 1.00. The van der Waals surface area contributed by atoms with E-state index in [0.29, 0.717) is 11.6 Å². The van der Waals surface area contributed by atoms with Crippen LogP contribution in [0.2, 0.25) is 0 Å². The Labute approximate surface area is 131 Å². The van der Waals surface area contributed by atoms with E-state index in [2.05, 4.69) is 31.0 Å². The summed E-state index contributed by atoms with van der Waals surface area (Å²) >= 11 is 0. The number of nitrogens with zero attached hydrogens (tertiary/aromatic N) is 1. The zero-order valence-corrected chi connectivity index (χ0v) is 14.5. The summed E-state index contributed by atoms with van der Waals surface area (Å²) in [5.74, 6) is 0.903. The number of nitrogens with one attached hydrogen (secondary N) is 1. The average molecular weight is 296 g/mol. The van der Waals surface area contributed by atoms with Crippen LogP contribution in [0.4, 0.5) is 0 Å². The Morgan fingerprint density at radius 1 is 1.10 bits per heavy atom. The molecule has 2 aliphatic rings. The van der Waals surface area contributed by atoms with Crippen LogP contribution in [0, 0.1) is 5.92 Å². The van der Waals surface area contributed by atoms with Gasteiger partial charge in [0.05, 0.1) is 6.61 Å². The zero-order valence-electron chi connectivity index (χ0n) is 14.5. The molecule has 1 aliphatic carbocycles. The molecule has 124 valence electrons. The number of ether oxygens (including phenoxy) is 1.